The number of anilines is 1. The lowest BCUT2D eigenvalue weighted by molar-refractivity contribution is -0.139. The summed E-state index contributed by atoms with van der Waals surface area (Å²) >= 11 is 0. The van der Waals surface area contributed by atoms with Gasteiger partial charge in [-0.2, -0.15) is 0 Å². The maximum absolute atomic E-state index is 14.0. The first-order valence-electron chi connectivity index (χ1n) is 13.1. The molecule has 214 valence electrons. The summed E-state index contributed by atoms with van der Waals surface area (Å²) in [5, 5.41) is 2.88. The molecular weight excluding hydrogens is 530 g/mol. The van der Waals surface area contributed by atoms with E-state index in [0.717, 1.165) is 22.7 Å². The van der Waals surface area contributed by atoms with Gasteiger partial charge in [-0.05, 0) is 43.2 Å². The van der Waals surface area contributed by atoms with E-state index in [1.54, 1.807) is 37.3 Å². The van der Waals surface area contributed by atoms with Crippen molar-refractivity contribution in [1.29, 1.82) is 0 Å². The summed E-state index contributed by atoms with van der Waals surface area (Å²) in [5.41, 5.74) is 0.944. The first kappa shape index (κ1) is 30.5. The fourth-order valence-corrected chi connectivity index (χ4v) is 5.56. The van der Waals surface area contributed by atoms with E-state index in [4.69, 9.17) is 9.47 Å². The SMILES string of the molecule is CCCCNC(=O)[C@H](C)N(Cc1ccccc1)C(=O)CN(c1cc(OC)ccc1OC)S(=O)(=O)c1ccccc1. The molecule has 0 fully saturated rings. The van der Waals surface area contributed by atoms with Crippen molar-refractivity contribution in [2.75, 3.05) is 31.6 Å². The average molecular weight is 568 g/mol. The van der Waals surface area contributed by atoms with Crippen molar-refractivity contribution in [1.82, 2.24) is 10.2 Å². The van der Waals surface area contributed by atoms with Crippen LogP contribution in [0.15, 0.2) is 83.8 Å². The highest BCUT2D eigenvalue weighted by Gasteiger charge is 2.34. The normalized spacial score (nSPS) is 11.8. The second-order valence-electron chi connectivity index (χ2n) is 9.19. The molecule has 10 heteroatoms. The zero-order valence-electron chi connectivity index (χ0n) is 23.4. The number of rotatable bonds is 14. The predicted octanol–water partition coefficient (Wildman–Crippen LogP) is 4.23. The van der Waals surface area contributed by atoms with Crippen molar-refractivity contribution in [2.45, 2.75) is 44.2 Å². The molecule has 1 atom stereocenters. The quantitative estimate of drug-likeness (QED) is 0.292. The second kappa shape index (κ2) is 14.4. The number of ether oxygens (including phenoxy) is 2. The number of unbranched alkanes of at least 4 members (excludes halogenated alkanes) is 1. The number of nitrogens with one attached hydrogen (secondary N) is 1. The molecule has 0 aliphatic heterocycles. The smallest absolute Gasteiger partial charge is 0.264 e. The number of sulfonamides is 1. The monoisotopic (exact) mass is 567 g/mol. The van der Waals surface area contributed by atoms with Crippen LogP contribution >= 0.6 is 0 Å². The Hall–Kier alpha value is -4.05. The van der Waals surface area contributed by atoms with Crippen LogP contribution in [-0.4, -0.2) is 58.5 Å². The highest BCUT2D eigenvalue weighted by molar-refractivity contribution is 7.92. The molecule has 0 spiro atoms. The number of carbonyl (C=O) groups is 2. The fourth-order valence-electron chi connectivity index (χ4n) is 4.12. The lowest BCUT2D eigenvalue weighted by Crippen LogP contribution is -2.51. The van der Waals surface area contributed by atoms with E-state index in [2.05, 4.69) is 5.32 Å². The lowest BCUT2D eigenvalue weighted by Gasteiger charge is -2.32. The fraction of sp³-hybridized carbons (Fsp3) is 0.333. The summed E-state index contributed by atoms with van der Waals surface area (Å²) in [6.45, 7) is 3.71. The van der Waals surface area contributed by atoms with Gasteiger partial charge in [-0.15, -0.1) is 0 Å². The largest absolute Gasteiger partial charge is 0.497 e. The molecule has 3 aromatic carbocycles. The number of amides is 2. The van der Waals surface area contributed by atoms with Crippen LogP contribution in [0, 0.1) is 0 Å². The van der Waals surface area contributed by atoms with E-state index in [1.165, 1.54) is 37.3 Å². The van der Waals surface area contributed by atoms with Gasteiger partial charge in [0.25, 0.3) is 10.0 Å². The second-order valence-corrected chi connectivity index (χ2v) is 11.1. The number of hydrogen-bond acceptors (Lipinski definition) is 6. The molecule has 1 N–H and O–H groups in total. The van der Waals surface area contributed by atoms with Crippen LogP contribution in [0.4, 0.5) is 5.69 Å². The molecule has 9 nitrogen and oxygen atoms in total. The molecule has 40 heavy (non-hydrogen) atoms. The number of methoxy groups -OCH3 is 2. The Labute approximate surface area is 236 Å². The van der Waals surface area contributed by atoms with Crippen molar-refractivity contribution in [3.8, 4) is 11.5 Å². The highest BCUT2D eigenvalue weighted by Crippen LogP contribution is 2.36. The number of benzene rings is 3. The summed E-state index contributed by atoms with van der Waals surface area (Å²) in [5.74, 6) is -0.227. The Morgan fingerprint density at radius 2 is 1.57 bits per heavy atom. The van der Waals surface area contributed by atoms with Crippen molar-refractivity contribution < 1.29 is 27.5 Å². The standard InChI is InChI=1S/C30H37N3O6S/c1-5-6-19-31-30(35)23(2)32(21-24-13-9-7-10-14-24)29(34)22-33(40(36,37)26-15-11-8-12-16-26)27-20-25(38-3)17-18-28(27)39-4/h7-18,20,23H,5-6,19,21-22H2,1-4H3,(H,31,35)/t23-/m0/s1. The Bertz CT molecular complexity index is 1370. The minimum Gasteiger partial charge on any atom is -0.497 e. The molecule has 0 unspecified atom stereocenters. The van der Waals surface area contributed by atoms with Crippen molar-refractivity contribution in [2.24, 2.45) is 0 Å². The molecule has 2 amide bonds. The Morgan fingerprint density at radius 3 is 2.17 bits per heavy atom. The minimum atomic E-state index is -4.23. The summed E-state index contributed by atoms with van der Waals surface area (Å²) in [6, 6.07) is 21.0. The summed E-state index contributed by atoms with van der Waals surface area (Å²) in [7, 11) is -1.34. The van der Waals surface area contributed by atoms with Crippen LogP contribution in [0.25, 0.3) is 0 Å². The van der Waals surface area contributed by atoms with Crippen molar-refractivity contribution in [3.05, 3.63) is 84.4 Å². The van der Waals surface area contributed by atoms with E-state index < -0.39 is 28.5 Å². The minimum absolute atomic E-state index is 0.00707. The molecule has 3 aromatic rings. The number of carbonyl (C=O) groups excluding carboxylic acids is 2. The molecular formula is C30H37N3O6S. The van der Waals surface area contributed by atoms with Crippen molar-refractivity contribution >= 4 is 27.5 Å². The molecule has 0 radical (unpaired) electrons. The van der Waals surface area contributed by atoms with Crippen LogP contribution in [0.1, 0.15) is 32.3 Å². The van der Waals surface area contributed by atoms with E-state index in [0.29, 0.717) is 12.3 Å². The zero-order valence-corrected chi connectivity index (χ0v) is 24.2. The maximum Gasteiger partial charge on any atom is 0.264 e. The van der Waals surface area contributed by atoms with Gasteiger partial charge in [0, 0.05) is 19.2 Å². The Kier molecular flexibility index (Phi) is 11.0. The van der Waals surface area contributed by atoms with Gasteiger partial charge in [-0.1, -0.05) is 61.9 Å². The number of nitrogens with zero attached hydrogens (tertiary/aromatic N) is 2. The van der Waals surface area contributed by atoms with Gasteiger partial charge >= 0.3 is 0 Å². The molecule has 0 aromatic heterocycles. The summed E-state index contributed by atoms with van der Waals surface area (Å²) in [6.07, 6.45) is 1.72. The van der Waals surface area contributed by atoms with Crippen LogP contribution in [0.2, 0.25) is 0 Å². The maximum atomic E-state index is 14.0. The third kappa shape index (κ3) is 7.53. The Balaban J connectivity index is 2.06. The molecule has 0 heterocycles. The molecule has 0 saturated heterocycles. The first-order chi connectivity index (χ1) is 19.2. The zero-order chi connectivity index (χ0) is 29.1. The number of hydrogen-bond donors (Lipinski definition) is 1. The van der Waals surface area contributed by atoms with Crippen LogP contribution in [-0.2, 0) is 26.2 Å². The van der Waals surface area contributed by atoms with E-state index in [1.807, 2.05) is 37.3 Å². The molecule has 0 bridgehead atoms. The summed E-state index contributed by atoms with van der Waals surface area (Å²) in [4.78, 5) is 28.5. The van der Waals surface area contributed by atoms with E-state index >= 15 is 0 Å². The van der Waals surface area contributed by atoms with Crippen molar-refractivity contribution in [3.63, 3.8) is 0 Å². The third-order valence-corrected chi connectivity index (χ3v) is 8.23. The van der Waals surface area contributed by atoms with Crippen LogP contribution < -0.4 is 19.1 Å². The third-order valence-electron chi connectivity index (χ3n) is 6.46. The topological polar surface area (TPSA) is 105 Å². The van der Waals surface area contributed by atoms with Gasteiger partial charge in [0.15, 0.2) is 0 Å². The van der Waals surface area contributed by atoms with Gasteiger partial charge in [-0.3, -0.25) is 13.9 Å². The molecule has 0 aliphatic carbocycles. The van der Waals surface area contributed by atoms with Gasteiger partial charge in [0.05, 0.1) is 24.8 Å². The van der Waals surface area contributed by atoms with Gasteiger partial charge in [-0.25, -0.2) is 8.42 Å². The summed E-state index contributed by atoms with van der Waals surface area (Å²) < 4.78 is 39.8. The average Bonchev–Trinajstić information content (AvgIpc) is 2.98. The van der Waals surface area contributed by atoms with E-state index in [9.17, 15) is 18.0 Å². The highest BCUT2D eigenvalue weighted by atomic mass is 32.2. The van der Waals surface area contributed by atoms with Gasteiger partial charge in [0.1, 0.15) is 24.1 Å². The molecule has 3 rings (SSSR count). The first-order valence-corrected chi connectivity index (χ1v) is 14.6. The molecule has 0 saturated carbocycles. The van der Waals surface area contributed by atoms with Crippen LogP contribution in [0.3, 0.4) is 0 Å². The van der Waals surface area contributed by atoms with Crippen LogP contribution in [0.5, 0.6) is 11.5 Å². The lowest BCUT2D eigenvalue weighted by atomic mass is 10.1. The molecule has 0 aliphatic rings. The van der Waals surface area contributed by atoms with Gasteiger partial charge in [0.2, 0.25) is 11.8 Å². The predicted molar refractivity (Wildman–Crippen MR) is 155 cm³/mol. The Morgan fingerprint density at radius 1 is 0.925 bits per heavy atom. The van der Waals surface area contributed by atoms with E-state index in [-0.39, 0.29) is 28.8 Å². The van der Waals surface area contributed by atoms with Gasteiger partial charge < -0.3 is 19.7 Å².